The number of anilines is 1. The Hall–Kier alpha value is -4.12. The predicted octanol–water partition coefficient (Wildman–Crippen LogP) is 4.49. The maximum atomic E-state index is 14.8. The van der Waals surface area contributed by atoms with E-state index in [4.69, 9.17) is 22.1 Å². The largest absolute Gasteiger partial charge is 0.486 e. The van der Waals surface area contributed by atoms with E-state index >= 15 is 0 Å². The number of hydrogen-bond donors (Lipinski definition) is 2. The second-order valence-electron chi connectivity index (χ2n) is 9.32. The number of amides is 2. The normalized spacial score (nSPS) is 17.5. The Balaban J connectivity index is 1.25. The number of nitrogens with two attached hydrogens (primary N) is 1. The van der Waals surface area contributed by atoms with E-state index in [1.807, 2.05) is 0 Å². The van der Waals surface area contributed by atoms with Crippen molar-refractivity contribution in [3.8, 4) is 16.9 Å². The lowest BCUT2D eigenvalue weighted by molar-refractivity contribution is -0.116. The van der Waals surface area contributed by atoms with Crippen molar-refractivity contribution >= 4 is 35.3 Å². The van der Waals surface area contributed by atoms with Crippen LogP contribution in [0.15, 0.2) is 48.7 Å². The van der Waals surface area contributed by atoms with Crippen LogP contribution in [-0.2, 0) is 11.2 Å². The van der Waals surface area contributed by atoms with Crippen molar-refractivity contribution in [1.29, 1.82) is 0 Å². The van der Waals surface area contributed by atoms with E-state index in [0.717, 1.165) is 12.1 Å². The molecule has 3 N–H and O–H groups in total. The predicted molar refractivity (Wildman–Crippen MR) is 136 cm³/mol. The summed E-state index contributed by atoms with van der Waals surface area (Å²) in [6.45, 7) is -1.59. The zero-order valence-corrected chi connectivity index (χ0v) is 20.9. The second kappa shape index (κ2) is 10.2. The van der Waals surface area contributed by atoms with Crippen LogP contribution < -0.4 is 15.8 Å². The number of nitrogens with zero attached hydrogens (tertiary/aromatic N) is 2. The number of rotatable bonds is 6. The van der Waals surface area contributed by atoms with Gasteiger partial charge in [0, 0.05) is 24.3 Å². The number of nitrogens with one attached hydrogen (secondary N) is 1. The molecule has 0 bridgehead atoms. The molecule has 2 aliphatic rings. The quantitative estimate of drug-likeness (QED) is 0.342. The summed E-state index contributed by atoms with van der Waals surface area (Å²) < 4.78 is 61.6. The van der Waals surface area contributed by atoms with Gasteiger partial charge in [-0.15, -0.1) is 0 Å². The fourth-order valence-electron chi connectivity index (χ4n) is 4.39. The van der Waals surface area contributed by atoms with Gasteiger partial charge in [-0.25, -0.2) is 22.5 Å². The monoisotopic (exact) mass is 560 g/mol. The zero-order valence-electron chi connectivity index (χ0n) is 20.2. The zero-order chi connectivity index (χ0) is 27.9. The number of halogens is 5. The molecule has 39 heavy (non-hydrogen) atoms. The summed E-state index contributed by atoms with van der Waals surface area (Å²) in [6, 6.07) is 8.39. The van der Waals surface area contributed by atoms with Crippen molar-refractivity contribution < 1.29 is 31.9 Å². The minimum atomic E-state index is -3.06. The fourth-order valence-corrected chi connectivity index (χ4v) is 4.67. The smallest absolute Gasteiger partial charge is 0.282 e. The van der Waals surface area contributed by atoms with Gasteiger partial charge in [0.05, 0.1) is 24.7 Å². The second-order valence-corrected chi connectivity index (χ2v) is 9.72. The Morgan fingerprint density at radius 3 is 2.49 bits per heavy atom. The number of nitrogen functional groups attached to an aromatic ring is 1. The summed E-state index contributed by atoms with van der Waals surface area (Å²) in [5.74, 6) is -6.10. The molecule has 0 aliphatic carbocycles. The molecule has 0 spiro atoms. The topological polar surface area (TPSA) is 97.5 Å². The molecule has 2 aromatic carbocycles. The summed E-state index contributed by atoms with van der Waals surface area (Å²) in [6.07, 6.45) is 4.42. The number of pyridine rings is 1. The van der Waals surface area contributed by atoms with Gasteiger partial charge in [-0.05, 0) is 59.2 Å². The Labute approximate surface area is 225 Å². The number of carbonyl (C=O) groups is 2. The minimum Gasteiger partial charge on any atom is -0.486 e. The highest BCUT2D eigenvalue weighted by molar-refractivity contribution is 6.32. The molecule has 1 unspecified atom stereocenters. The van der Waals surface area contributed by atoms with E-state index in [2.05, 4.69) is 10.3 Å². The lowest BCUT2D eigenvalue weighted by Gasteiger charge is -2.38. The number of fused-ring (bicyclic) bond motifs is 1. The van der Waals surface area contributed by atoms with Crippen LogP contribution in [0.3, 0.4) is 0 Å². The minimum absolute atomic E-state index is 0.110. The van der Waals surface area contributed by atoms with Crippen LogP contribution in [0.1, 0.15) is 21.5 Å². The molecule has 0 saturated carbocycles. The van der Waals surface area contributed by atoms with E-state index in [1.165, 1.54) is 18.3 Å². The third-order valence-electron chi connectivity index (χ3n) is 6.31. The first-order valence-corrected chi connectivity index (χ1v) is 12.2. The highest BCUT2D eigenvalue weighted by Crippen LogP contribution is 2.40. The summed E-state index contributed by atoms with van der Waals surface area (Å²) in [5, 5.41) is 2.95. The van der Waals surface area contributed by atoms with Gasteiger partial charge in [0.25, 0.3) is 11.8 Å². The van der Waals surface area contributed by atoms with Crippen LogP contribution in [0.5, 0.6) is 5.75 Å². The van der Waals surface area contributed by atoms with Crippen LogP contribution in [0, 0.1) is 11.6 Å². The van der Waals surface area contributed by atoms with E-state index in [-0.39, 0.29) is 23.0 Å². The highest BCUT2D eigenvalue weighted by atomic mass is 35.5. The number of hydrogen-bond acceptors (Lipinski definition) is 5. The molecule has 7 nitrogen and oxygen atoms in total. The molecule has 2 aliphatic heterocycles. The first kappa shape index (κ1) is 26.5. The van der Waals surface area contributed by atoms with E-state index in [0.29, 0.717) is 39.6 Å². The van der Waals surface area contributed by atoms with Crippen molar-refractivity contribution in [3.63, 3.8) is 0 Å². The molecule has 3 heterocycles. The average molecular weight is 561 g/mol. The molecular formula is C27H21ClF4N4O3. The maximum Gasteiger partial charge on any atom is 0.282 e. The highest BCUT2D eigenvalue weighted by Gasteiger charge is 2.47. The van der Waals surface area contributed by atoms with Crippen LogP contribution in [0.25, 0.3) is 17.2 Å². The Bertz CT molecular complexity index is 1470. The van der Waals surface area contributed by atoms with Gasteiger partial charge in [0.1, 0.15) is 34.9 Å². The van der Waals surface area contributed by atoms with Gasteiger partial charge in [0.2, 0.25) is 5.91 Å². The van der Waals surface area contributed by atoms with Crippen molar-refractivity contribution in [2.45, 2.75) is 18.4 Å². The maximum absolute atomic E-state index is 14.8. The number of alkyl halides is 2. The third kappa shape index (κ3) is 5.68. The van der Waals surface area contributed by atoms with Crippen LogP contribution in [0.4, 0.5) is 23.4 Å². The van der Waals surface area contributed by atoms with E-state index in [1.54, 1.807) is 24.3 Å². The number of likely N-dealkylation sites (tertiary alicyclic amines) is 1. The van der Waals surface area contributed by atoms with E-state index in [9.17, 15) is 27.2 Å². The van der Waals surface area contributed by atoms with Crippen molar-refractivity contribution in [2.24, 2.45) is 0 Å². The van der Waals surface area contributed by atoms with Crippen LogP contribution >= 0.6 is 11.6 Å². The first-order valence-electron chi connectivity index (χ1n) is 11.8. The third-order valence-corrected chi connectivity index (χ3v) is 6.59. The Morgan fingerprint density at radius 1 is 1.15 bits per heavy atom. The molecule has 0 radical (unpaired) electrons. The summed E-state index contributed by atoms with van der Waals surface area (Å²) in [5.41, 5.74) is 6.51. The van der Waals surface area contributed by atoms with Gasteiger partial charge in [0.15, 0.2) is 0 Å². The molecule has 1 fully saturated rings. The van der Waals surface area contributed by atoms with Crippen LogP contribution in [0.2, 0.25) is 5.02 Å². The molecule has 1 atom stereocenters. The molecule has 1 saturated heterocycles. The number of carbonyl (C=O) groups excluding carboxylic acids is 2. The van der Waals surface area contributed by atoms with Gasteiger partial charge < -0.3 is 20.7 Å². The first-order chi connectivity index (χ1) is 18.5. The van der Waals surface area contributed by atoms with Crippen LogP contribution in [-0.4, -0.2) is 53.4 Å². The summed E-state index contributed by atoms with van der Waals surface area (Å²) in [7, 11) is 0. The fraction of sp³-hybridized carbons (Fsp3) is 0.222. The van der Waals surface area contributed by atoms with E-state index < -0.39 is 48.2 Å². The lowest BCUT2D eigenvalue weighted by Crippen LogP contribution is -2.58. The van der Waals surface area contributed by atoms with Gasteiger partial charge >= 0.3 is 0 Å². The van der Waals surface area contributed by atoms with Gasteiger partial charge in [-0.3, -0.25) is 9.59 Å². The Morgan fingerprint density at radius 2 is 1.85 bits per heavy atom. The molecule has 12 heteroatoms. The summed E-state index contributed by atoms with van der Waals surface area (Å²) in [4.78, 5) is 29.1. The molecule has 3 aromatic rings. The molecule has 202 valence electrons. The van der Waals surface area contributed by atoms with Crippen molar-refractivity contribution in [1.82, 2.24) is 15.2 Å². The number of ether oxygens (including phenoxy) is 1. The number of aromatic nitrogens is 1. The Kier molecular flexibility index (Phi) is 6.94. The molecule has 5 rings (SSSR count). The molecular weight excluding hydrogens is 540 g/mol. The van der Waals surface area contributed by atoms with Gasteiger partial charge in [-0.2, -0.15) is 0 Å². The van der Waals surface area contributed by atoms with Crippen molar-refractivity contribution in [3.05, 3.63) is 82.0 Å². The molecule has 1 aromatic heterocycles. The standard InChI is InChI=1S/C27H21ClF4N4O3/c28-19-7-15(16-8-20(29)24(21(30)9-16)26(38)36-12-27(31,32)13-36)5-17-6-18(39-25(17)19)11-35-23(37)4-2-14-1-3-22(33)34-10-14/h1-5,7-10,18H,6,11-13H2,(H2,33,34)(H,35,37)/b4-2+. The average Bonchev–Trinajstić information content (AvgIpc) is 3.29. The lowest BCUT2D eigenvalue weighted by atomic mass is 9.98. The SMILES string of the molecule is Nc1ccc(/C=C/C(=O)NCC2Cc3cc(-c4cc(F)c(C(=O)N5CC(F)(F)C5)c(F)c4)cc(Cl)c3O2)cn1. The van der Waals surface area contributed by atoms with Crippen molar-refractivity contribution in [2.75, 3.05) is 25.4 Å². The summed E-state index contributed by atoms with van der Waals surface area (Å²) >= 11 is 6.38. The molecule has 2 amide bonds. The number of benzene rings is 2. The van der Waals surface area contributed by atoms with Gasteiger partial charge in [-0.1, -0.05) is 11.6 Å².